The van der Waals surface area contributed by atoms with Crippen LogP contribution in [0.4, 0.5) is 0 Å². The highest BCUT2D eigenvalue weighted by molar-refractivity contribution is 7.91. The molecule has 0 radical (unpaired) electrons. The van der Waals surface area contributed by atoms with Crippen molar-refractivity contribution >= 4 is 15.8 Å². The molecule has 1 aromatic heterocycles. The van der Waals surface area contributed by atoms with Crippen molar-refractivity contribution < 1.29 is 17.9 Å². The zero-order valence-electron chi connectivity index (χ0n) is 16.7. The SMILES string of the molecule is CCOC(=O)c1ccc(S(=O)(=O)c2ccc(CCNCc3ccccc3)cc2)nc1. The van der Waals surface area contributed by atoms with Crippen LogP contribution in [0.25, 0.3) is 0 Å². The summed E-state index contributed by atoms with van der Waals surface area (Å²) < 4.78 is 30.4. The molecule has 0 aliphatic rings. The molecule has 156 valence electrons. The number of aromatic nitrogens is 1. The van der Waals surface area contributed by atoms with Crippen molar-refractivity contribution in [3.05, 3.63) is 89.6 Å². The third kappa shape index (κ3) is 5.52. The fourth-order valence-electron chi connectivity index (χ4n) is 2.89. The van der Waals surface area contributed by atoms with Gasteiger partial charge in [-0.2, -0.15) is 0 Å². The van der Waals surface area contributed by atoms with Crippen LogP contribution in [0.1, 0.15) is 28.4 Å². The number of rotatable bonds is 9. The Morgan fingerprint density at radius 1 is 0.967 bits per heavy atom. The number of carbonyl (C=O) groups is 1. The molecule has 0 fully saturated rings. The quantitative estimate of drug-likeness (QED) is 0.418. The molecule has 6 nitrogen and oxygen atoms in total. The van der Waals surface area contributed by atoms with Crippen molar-refractivity contribution in [2.45, 2.75) is 29.8 Å². The van der Waals surface area contributed by atoms with Crippen LogP contribution in [0.3, 0.4) is 0 Å². The Morgan fingerprint density at radius 3 is 2.33 bits per heavy atom. The van der Waals surface area contributed by atoms with Gasteiger partial charge in [-0.3, -0.25) is 0 Å². The van der Waals surface area contributed by atoms with E-state index in [0.717, 1.165) is 25.1 Å². The van der Waals surface area contributed by atoms with Crippen LogP contribution < -0.4 is 5.32 Å². The summed E-state index contributed by atoms with van der Waals surface area (Å²) in [5.74, 6) is -0.529. The van der Waals surface area contributed by atoms with Crippen LogP contribution >= 0.6 is 0 Å². The van der Waals surface area contributed by atoms with Crippen LogP contribution in [0.2, 0.25) is 0 Å². The van der Waals surface area contributed by atoms with E-state index >= 15 is 0 Å². The summed E-state index contributed by atoms with van der Waals surface area (Å²) >= 11 is 0. The van der Waals surface area contributed by atoms with Crippen molar-refractivity contribution in [2.75, 3.05) is 13.2 Å². The maximum atomic E-state index is 12.8. The summed E-state index contributed by atoms with van der Waals surface area (Å²) in [6, 6.07) is 19.7. The number of nitrogens with one attached hydrogen (secondary N) is 1. The Hall–Kier alpha value is -3.03. The van der Waals surface area contributed by atoms with Gasteiger partial charge in [0.2, 0.25) is 9.84 Å². The second kappa shape index (κ2) is 10.1. The lowest BCUT2D eigenvalue weighted by Crippen LogP contribution is -2.16. The Kier molecular flexibility index (Phi) is 7.32. The first-order valence-corrected chi connectivity index (χ1v) is 11.2. The number of hydrogen-bond acceptors (Lipinski definition) is 6. The molecule has 0 bridgehead atoms. The maximum Gasteiger partial charge on any atom is 0.339 e. The zero-order chi connectivity index (χ0) is 21.4. The minimum absolute atomic E-state index is 0.104. The normalized spacial score (nSPS) is 11.2. The van der Waals surface area contributed by atoms with Crippen molar-refractivity contribution in [3.8, 4) is 0 Å². The third-order valence-corrected chi connectivity index (χ3v) is 6.20. The number of pyridine rings is 1. The average Bonchev–Trinajstić information content (AvgIpc) is 2.78. The third-order valence-electron chi connectivity index (χ3n) is 4.52. The molecule has 0 aliphatic heterocycles. The lowest BCUT2D eigenvalue weighted by molar-refractivity contribution is 0.0525. The summed E-state index contributed by atoms with van der Waals surface area (Å²) in [4.78, 5) is 15.8. The summed E-state index contributed by atoms with van der Waals surface area (Å²) in [5.41, 5.74) is 2.48. The van der Waals surface area contributed by atoms with Gasteiger partial charge in [-0.1, -0.05) is 42.5 Å². The largest absolute Gasteiger partial charge is 0.462 e. The highest BCUT2D eigenvalue weighted by Crippen LogP contribution is 2.20. The first-order chi connectivity index (χ1) is 14.5. The van der Waals surface area contributed by atoms with Gasteiger partial charge in [-0.15, -0.1) is 0 Å². The van der Waals surface area contributed by atoms with Crippen molar-refractivity contribution in [2.24, 2.45) is 0 Å². The molecule has 0 amide bonds. The van der Waals surface area contributed by atoms with Gasteiger partial charge < -0.3 is 10.1 Å². The standard InChI is InChI=1S/C23H24N2O4S/c1-2-29-23(26)20-10-13-22(25-17-20)30(27,28)21-11-8-18(9-12-21)14-15-24-16-19-6-4-3-5-7-19/h3-13,17,24H,2,14-16H2,1H3. The predicted molar refractivity (Wildman–Crippen MR) is 114 cm³/mol. The molecule has 3 rings (SSSR count). The van der Waals surface area contributed by atoms with Crippen molar-refractivity contribution in [1.82, 2.24) is 10.3 Å². The number of nitrogens with zero attached hydrogens (tertiary/aromatic N) is 1. The monoisotopic (exact) mass is 424 g/mol. The molecule has 1 heterocycles. The van der Waals surface area contributed by atoms with Crippen LogP contribution in [0.15, 0.2) is 82.8 Å². The first kappa shape index (κ1) is 21.7. The van der Waals surface area contributed by atoms with Crippen molar-refractivity contribution in [3.63, 3.8) is 0 Å². The van der Waals surface area contributed by atoms with Gasteiger partial charge in [-0.05, 0) is 55.3 Å². The summed E-state index contributed by atoms with van der Waals surface area (Å²) in [5, 5.41) is 3.27. The highest BCUT2D eigenvalue weighted by Gasteiger charge is 2.20. The van der Waals surface area contributed by atoms with E-state index in [-0.39, 0.29) is 22.1 Å². The summed E-state index contributed by atoms with van der Waals surface area (Å²) in [6.45, 7) is 3.53. The summed E-state index contributed by atoms with van der Waals surface area (Å²) in [6.07, 6.45) is 2.01. The van der Waals surface area contributed by atoms with Gasteiger partial charge >= 0.3 is 5.97 Å². The van der Waals surface area contributed by atoms with Crippen LogP contribution in [-0.2, 0) is 27.5 Å². The van der Waals surface area contributed by atoms with Crippen LogP contribution in [0.5, 0.6) is 0 Å². The minimum atomic E-state index is -3.75. The maximum absolute atomic E-state index is 12.8. The molecule has 30 heavy (non-hydrogen) atoms. The molecule has 0 atom stereocenters. The van der Waals surface area contributed by atoms with Crippen LogP contribution in [0, 0.1) is 0 Å². The molecule has 0 saturated carbocycles. The van der Waals surface area contributed by atoms with Gasteiger partial charge in [0.1, 0.15) is 0 Å². The lowest BCUT2D eigenvalue weighted by atomic mass is 10.1. The minimum Gasteiger partial charge on any atom is -0.462 e. The number of sulfone groups is 1. The van der Waals surface area contributed by atoms with Gasteiger partial charge in [-0.25, -0.2) is 18.2 Å². The lowest BCUT2D eigenvalue weighted by Gasteiger charge is -2.08. The number of carbonyl (C=O) groups excluding carboxylic acids is 1. The van der Waals surface area contributed by atoms with Gasteiger partial charge in [0, 0.05) is 12.7 Å². The smallest absolute Gasteiger partial charge is 0.339 e. The molecular weight excluding hydrogens is 400 g/mol. The topological polar surface area (TPSA) is 85.4 Å². The average molecular weight is 425 g/mol. The molecule has 0 saturated heterocycles. The number of hydrogen-bond donors (Lipinski definition) is 1. The Labute approximate surface area is 176 Å². The molecular formula is C23H24N2O4S. The Bertz CT molecular complexity index is 1060. The molecule has 2 aromatic carbocycles. The van der Waals surface area contributed by atoms with E-state index in [1.807, 2.05) is 30.3 Å². The number of esters is 1. The fourth-order valence-corrected chi connectivity index (χ4v) is 4.07. The van der Waals surface area contributed by atoms with E-state index in [1.54, 1.807) is 19.1 Å². The molecule has 0 aliphatic carbocycles. The molecule has 0 spiro atoms. The highest BCUT2D eigenvalue weighted by atomic mass is 32.2. The van der Waals surface area contributed by atoms with E-state index < -0.39 is 15.8 Å². The van der Waals surface area contributed by atoms with E-state index in [4.69, 9.17) is 4.74 Å². The van der Waals surface area contributed by atoms with E-state index in [9.17, 15) is 13.2 Å². The van der Waals surface area contributed by atoms with Crippen LogP contribution in [-0.4, -0.2) is 32.5 Å². The van der Waals surface area contributed by atoms with Gasteiger partial charge in [0.25, 0.3) is 0 Å². The summed E-state index contributed by atoms with van der Waals surface area (Å²) in [7, 11) is -3.75. The second-order valence-corrected chi connectivity index (χ2v) is 8.56. The fraction of sp³-hybridized carbons (Fsp3) is 0.217. The first-order valence-electron chi connectivity index (χ1n) is 9.72. The van der Waals surface area contributed by atoms with Crippen molar-refractivity contribution in [1.29, 1.82) is 0 Å². The van der Waals surface area contributed by atoms with Gasteiger partial charge in [0.05, 0.1) is 17.1 Å². The molecule has 1 N–H and O–H groups in total. The Morgan fingerprint density at radius 2 is 1.70 bits per heavy atom. The predicted octanol–water partition coefficient (Wildman–Crippen LogP) is 3.42. The van der Waals surface area contributed by atoms with E-state index in [2.05, 4.69) is 22.4 Å². The second-order valence-electron chi connectivity index (χ2n) is 6.67. The Balaban J connectivity index is 1.59. The van der Waals surface area contributed by atoms with E-state index in [1.165, 1.54) is 23.9 Å². The number of ether oxygens (including phenoxy) is 1. The van der Waals surface area contributed by atoms with E-state index in [0.29, 0.717) is 0 Å². The molecule has 7 heteroatoms. The molecule has 0 unspecified atom stereocenters. The molecule has 3 aromatic rings. The zero-order valence-corrected chi connectivity index (χ0v) is 17.6. The number of benzene rings is 2. The van der Waals surface area contributed by atoms with Gasteiger partial charge in [0.15, 0.2) is 5.03 Å².